The topological polar surface area (TPSA) is 65.1 Å². The second-order valence-corrected chi connectivity index (χ2v) is 7.58. The summed E-state index contributed by atoms with van der Waals surface area (Å²) in [7, 11) is 1.38. The van der Waals surface area contributed by atoms with Gasteiger partial charge >= 0.3 is 12.1 Å². The third kappa shape index (κ3) is 3.75. The molecule has 1 aromatic rings. The molecule has 0 spiro atoms. The molecular weight excluding hydrogens is 334 g/mol. The summed E-state index contributed by atoms with van der Waals surface area (Å²) in [5.74, 6) is -0.363. The summed E-state index contributed by atoms with van der Waals surface area (Å²) in [5, 5.41) is 0. The Morgan fingerprint density at radius 1 is 1.19 bits per heavy atom. The van der Waals surface area contributed by atoms with Crippen LogP contribution in [0, 0.1) is 0 Å². The first-order valence-electron chi connectivity index (χ1n) is 8.77. The van der Waals surface area contributed by atoms with Gasteiger partial charge in [-0.05, 0) is 44.4 Å². The van der Waals surface area contributed by atoms with Crippen LogP contribution in [-0.4, -0.2) is 55.0 Å². The average Bonchev–Trinajstić information content (AvgIpc) is 2.58. The zero-order valence-corrected chi connectivity index (χ0v) is 15.7. The molecule has 1 aromatic carbocycles. The summed E-state index contributed by atoms with van der Waals surface area (Å²) in [5.41, 5.74) is 1.86. The lowest BCUT2D eigenvalue weighted by Gasteiger charge is -2.44. The fraction of sp³-hybridized carbons (Fsp3) is 0.500. The van der Waals surface area contributed by atoms with Crippen LogP contribution in [0.15, 0.2) is 30.3 Å². The monoisotopic (exact) mass is 359 g/mol. The number of morpholine rings is 1. The molecule has 2 aliphatic heterocycles. The molecule has 6 heteroatoms. The summed E-state index contributed by atoms with van der Waals surface area (Å²) in [6.07, 6.45) is 2.28. The van der Waals surface area contributed by atoms with Gasteiger partial charge in [0.2, 0.25) is 0 Å². The van der Waals surface area contributed by atoms with E-state index in [4.69, 9.17) is 14.2 Å². The van der Waals surface area contributed by atoms with Gasteiger partial charge in [0, 0.05) is 0 Å². The first-order valence-corrected chi connectivity index (χ1v) is 8.77. The zero-order valence-electron chi connectivity index (χ0n) is 15.7. The SMILES string of the molecule is COC(=O)c1ccccc1C1=CC2COCC(C1)N2C(=O)OC(C)(C)C. The van der Waals surface area contributed by atoms with Gasteiger partial charge in [0.15, 0.2) is 0 Å². The molecule has 1 saturated heterocycles. The number of methoxy groups -OCH3 is 1. The smallest absolute Gasteiger partial charge is 0.411 e. The molecule has 0 saturated carbocycles. The number of benzene rings is 1. The Bertz CT molecular complexity index is 734. The maximum absolute atomic E-state index is 12.6. The molecule has 0 radical (unpaired) electrons. The van der Waals surface area contributed by atoms with E-state index in [9.17, 15) is 9.59 Å². The van der Waals surface area contributed by atoms with Crippen molar-refractivity contribution in [1.29, 1.82) is 0 Å². The number of ether oxygens (including phenoxy) is 3. The highest BCUT2D eigenvalue weighted by Crippen LogP contribution is 2.35. The first-order chi connectivity index (χ1) is 12.3. The van der Waals surface area contributed by atoms with Crippen LogP contribution in [0.2, 0.25) is 0 Å². The Labute approximate surface area is 153 Å². The molecule has 1 amide bonds. The van der Waals surface area contributed by atoms with Gasteiger partial charge in [-0.1, -0.05) is 24.3 Å². The Morgan fingerprint density at radius 2 is 1.92 bits per heavy atom. The molecule has 2 heterocycles. The van der Waals surface area contributed by atoms with E-state index in [2.05, 4.69) is 0 Å². The van der Waals surface area contributed by atoms with Gasteiger partial charge < -0.3 is 14.2 Å². The van der Waals surface area contributed by atoms with Crippen molar-refractivity contribution in [3.63, 3.8) is 0 Å². The van der Waals surface area contributed by atoms with Crippen molar-refractivity contribution < 1.29 is 23.8 Å². The van der Waals surface area contributed by atoms with Gasteiger partial charge in [0.25, 0.3) is 0 Å². The number of esters is 1. The summed E-state index contributed by atoms with van der Waals surface area (Å²) < 4.78 is 16.1. The molecular formula is C20H25NO5. The van der Waals surface area contributed by atoms with Gasteiger partial charge in [-0.3, -0.25) is 4.90 Å². The van der Waals surface area contributed by atoms with E-state index < -0.39 is 5.60 Å². The lowest BCUT2D eigenvalue weighted by Crippen LogP contribution is -2.57. The first kappa shape index (κ1) is 18.5. The van der Waals surface area contributed by atoms with E-state index in [0.717, 1.165) is 11.1 Å². The van der Waals surface area contributed by atoms with Crippen molar-refractivity contribution in [3.8, 4) is 0 Å². The van der Waals surface area contributed by atoms with Crippen molar-refractivity contribution in [2.75, 3.05) is 20.3 Å². The molecule has 0 aliphatic carbocycles. The predicted molar refractivity (Wildman–Crippen MR) is 96.8 cm³/mol. The van der Waals surface area contributed by atoms with E-state index in [0.29, 0.717) is 25.2 Å². The quantitative estimate of drug-likeness (QED) is 0.759. The number of fused-ring (bicyclic) bond motifs is 2. The summed E-state index contributed by atoms with van der Waals surface area (Å²) >= 11 is 0. The highest BCUT2D eigenvalue weighted by atomic mass is 16.6. The number of amides is 1. The minimum absolute atomic E-state index is 0.116. The number of carbonyl (C=O) groups is 2. The van der Waals surface area contributed by atoms with Gasteiger partial charge in [-0.25, -0.2) is 9.59 Å². The minimum Gasteiger partial charge on any atom is -0.465 e. The number of carbonyl (C=O) groups excluding carboxylic acids is 2. The summed E-state index contributed by atoms with van der Waals surface area (Å²) in [6.45, 7) is 6.44. The highest BCUT2D eigenvalue weighted by molar-refractivity contribution is 5.95. The largest absolute Gasteiger partial charge is 0.465 e. The molecule has 26 heavy (non-hydrogen) atoms. The van der Waals surface area contributed by atoms with Crippen LogP contribution in [0.3, 0.4) is 0 Å². The second-order valence-electron chi connectivity index (χ2n) is 7.58. The van der Waals surface area contributed by atoms with Crippen molar-refractivity contribution in [2.45, 2.75) is 44.9 Å². The highest BCUT2D eigenvalue weighted by Gasteiger charge is 2.40. The fourth-order valence-electron chi connectivity index (χ4n) is 3.45. The number of hydrogen-bond acceptors (Lipinski definition) is 5. The number of hydrogen-bond donors (Lipinski definition) is 0. The maximum atomic E-state index is 12.6. The Balaban J connectivity index is 1.92. The van der Waals surface area contributed by atoms with Crippen LogP contribution < -0.4 is 0 Å². The molecule has 2 atom stereocenters. The molecule has 2 aliphatic rings. The van der Waals surface area contributed by atoms with Crippen molar-refractivity contribution in [3.05, 3.63) is 41.5 Å². The Morgan fingerprint density at radius 3 is 2.58 bits per heavy atom. The van der Waals surface area contributed by atoms with Crippen molar-refractivity contribution in [1.82, 2.24) is 4.90 Å². The predicted octanol–water partition coefficient (Wildman–Crippen LogP) is 3.26. The molecule has 2 bridgehead atoms. The van der Waals surface area contributed by atoms with Crippen molar-refractivity contribution in [2.24, 2.45) is 0 Å². The van der Waals surface area contributed by atoms with Gasteiger partial charge in [-0.15, -0.1) is 0 Å². The van der Waals surface area contributed by atoms with Crippen LogP contribution in [-0.2, 0) is 14.2 Å². The maximum Gasteiger partial charge on any atom is 0.411 e. The van der Waals surface area contributed by atoms with Crippen LogP contribution in [0.5, 0.6) is 0 Å². The van der Waals surface area contributed by atoms with E-state index in [-0.39, 0.29) is 24.1 Å². The molecule has 0 aromatic heterocycles. The zero-order chi connectivity index (χ0) is 18.9. The van der Waals surface area contributed by atoms with Crippen LogP contribution in [0.1, 0.15) is 43.1 Å². The molecule has 0 N–H and O–H groups in total. The third-order valence-electron chi connectivity index (χ3n) is 4.48. The summed E-state index contributed by atoms with van der Waals surface area (Å²) in [6, 6.07) is 7.06. The third-order valence-corrected chi connectivity index (χ3v) is 4.48. The van der Waals surface area contributed by atoms with E-state index in [1.165, 1.54) is 7.11 Å². The van der Waals surface area contributed by atoms with Crippen LogP contribution >= 0.6 is 0 Å². The molecule has 6 nitrogen and oxygen atoms in total. The Kier molecular flexibility index (Phi) is 5.05. The molecule has 3 rings (SSSR count). The van der Waals surface area contributed by atoms with Crippen molar-refractivity contribution >= 4 is 17.6 Å². The summed E-state index contributed by atoms with van der Waals surface area (Å²) in [4.78, 5) is 26.5. The standard InChI is InChI=1S/C20H25NO5/c1-20(2,3)26-19(23)21-14-9-13(10-15(21)12-25-11-14)16-7-5-6-8-17(16)18(22)24-4/h5-9,14-15H,10-12H2,1-4H3. The Hall–Kier alpha value is -2.34. The molecule has 140 valence electrons. The minimum atomic E-state index is -0.548. The van der Waals surface area contributed by atoms with E-state index in [1.807, 2.05) is 45.0 Å². The second kappa shape index (κ2) is 7.11. The normalized spacial score (nSPS) is 22.5. The van der Waals surface area contributed by atoms with Gasteiger partial charge in [-0.2, -0.15) is 0 Å². The van der Waals surface area contributed by atoms with Crippen LogP contribution in [0.25, 0.3) is 5.57 Å². The fourth-order valence-corrected chi connectivity index (χ4v) is 3.45. The van der Waals surface area contributed by atoms with Gasteiger partial charge in [0.05, 0.1) is 38.0 Å². The molecule has 2 unspecified atom stereocenters. The van der Waals surface area contributed by atoms with E-state index >= 15 is 0 Å². The van der Waals surface area contributed by atoms with Crippen LogP contribution in [0.4, 0.5) is 4.79 Å². The number of nitrogens with zero attached hydrogens (tertiary/aromatic N) is 1. The van der Waals surface area contributed by atoms with Gasteiger partial charge in [0.1, 0.15) is 5.60 Å². The van der Waals surface area contributed by atoms with E-state index in [1.54, 1.807) is 11.0 Å². The lowest BCUT2D eigenvalue weighted by atomic mass is 9.88. The lowest BCUT2D eigenvalue weighted by molar-refractivity contribution is -0.0510. The number of rotatable bonds is 2. The average molecular weight is 359 g/mol. The molecule has 1 fully saturated rings.